The standard InChI is InChI=1S/C21H22F3NO3/c1-14(2)28-18-10-6-15(12-19(18)27-3)7-11-20(26)25-13-16-4-8-17(9-5-16)21(22,23)24/h4-12,14H,13H2,1-3H3,(H,25,26)/b11-7+. The molecule has 0 spiro atoms. The van der Waals surface area contributed by atoms with Gasteiger partial charge in [-0.15, -0.1) is 0 Å². The predicted molar refractivity (Wildman–Crippen MR) is 101 cm³/mol. The van der Waals surface area contributed by atoms with Gasteiger partial charge < -0.3 is 14.8 Å². The smallest absolute Gasteiger partial charge is 0.416 e. The van der Waals surface area contributed by atoms with Gasteiger partial charge in [0.2, 0.25) is 5.91 Å². The Kier molecular flexibility index (Phi) is 7.09. The van der Waals surface area contributed by atoms with Gasteiger partial charge in [0.1, 0.15) is 0 Å². The fraction of sp³-hybridized carbons (Fsp3) is 0.286. The minimum Gasteiger partial charge on any atom is -0.493 e. The first kappa shape index (κ1) is 21.3. The van der Waals surface area contributed by atoms with Crippen molar-refractivity contribution < 1.29 is 27.4 Å². The van der Waals surface area contributed by atoms with E-state index >= 15 is 0 Å². The van der Waals surface area contributed by atoms with E-state index < -0.39 is 11.7 Å². The molecule has 0 saturated carbocycles. The topological polar surface area (TPSA) is 47.6 Å². The number of alkyl halides is 3. The van der Waals surface area contributed by atoms with Crippen LogP contribution in [0.25, 0.3) is 6.08 Å². The summed E-state index contributed by atoms with van der Waals surface area (Å²) in [7, 11) is 1.53. The number of hydrogen-bond acceptors (Lipinski definition) is 3. The Labute approximate surface area is 162 Å². The molecule has 2 aromatic carbocycles. The van der Waals surface area contributed by atoms with Crippen molar-refractivity contribution in [3.05, 3.63) is 65.2 Å². The fourth-order valence-corrected chi connectivity index (χ4v) is 2.37. The summed E-state index contributed by atoms with van der Waals surface area (Å²) in [6.07, 6.45) is -1.40. The van der Waals surface area contributed by atoms with E-state index in [0.717, 1.165) is 17.7 Å². The summed E-state index contributed by atoms with van der Waals surface area (Å²) in [4.78, 5) is 11.9. The first-order chi connectivity index (χ1) is 13.2. The summed E-state index contributed by atoms with van der Waals surface area (Å²) in [5.41, 5.74) is 0.602. The van der Waals surface area contributed by atoms with E-state index in [1.165, 1.54) is 25.3 Å². The van der Waals surface area contributed by atoms with E-state index in [1.807, 2.05) is 13.8 Å². The van der Waals surface area contributed by atoms with Crippen LogP contribution in [-0.4, -0.2) is 19.1 Å². The molecule has 0 aliphatic heterocycles. The Morgan fingerprint density at radius 1 is 1.11 bits per heavy atom. The highest BCUT2D eigenvalue weighted by molar-refractivity contribution is 5.91. The Morgan fingerprint density at radius 2 is 1.79 bits per heavy atom. The molecule has 7 heteroatoms. The summed E-state index contributed by atoms with van der Waals surface area (Å²) in [6, 6.07) is 9.96. The summed E-state index contributed by atoms with van der Waals surface area (Å²) >= 11 is 0. The van der Waals surface area contributed by atoms with Gasteiger partial charge in [-0.05, 0) is 55.3 Å². The average Bonchev–Trinajstić information content (AvgIpc) is 2.64. The van der Waals surface area contributed by atoms with Gasteiger partial charge in [0.25, 0.3) is 0 Å². The lowest BCUT2D eigenvalue weighted by Gasteiger charge is -2.13. The maximum absolute atomic E-state index is 12.5. The molecule has 0 aliphatic rings. The highest BCUT2D eigenvalue weighted by Crippen LogP contribution is 2.30. The average molecular weight is 393 g/mol. The van der Waals surface area contributed by atoms with Crippen LogP contribution in [0.1, 0.15) is 30.5 Å². The van der Waals surface area contributed by atoms with Crippen LogP contribution >= 0.6 is 0 Å². The zero-order chi connectivity index (χ0) is 20.7. The normalized spacial score (nSPS) is 11.7. The summed E-state index contributed by atoms with van der Waals surface area (Å²) in [6.45, 7) is 3.95. The number of benzene rings is 2. The molecule has 1 amide bonds. The maximum Gasteiger partial charge on any atom is 0.416 e. The Balaban J connectivity index is 1.94. The van der Waals surface area contributed by atoms with Crippen LogP contribution in [0.15, 0.2) is 48.5 Å². The first-order valence-corrected chi connectivity index (χ1v) is 8.66. The molecule has 28 heavy (non-hydrogen) atoms. The third-order valence-electron chi connectivity index (χ3n) is 3.73. The van der Waals surface area contributed by atoms with Gasteiger partial charge >= 0.3 is 6.18 Å². The molecule has 0 radical (unpaired) electrons. The van der Waals surface area contributed by atoms with Crippen molar-refractivity contribution >= 4 is 12.0 Å². The highest BCUT2D eigenvalue weighted by Gasteiger charge is 2.29. The molecule has 0 fully saturated rings. The number of carbonyl (C=O) groups is 1. The Hall–Kier alpha value is -2.96. The third kappa shape index (κ3) is 6.33. The van der Waals surface area contributed by atoms with Gasteiger partial charge in [-0.1, -0.05) is 18.2 Å². The zero-order valence-electron chi connectivity index (χ0n) is 15.8. The lowest BCUT2D eigenvalue weighted by Crippen LogP contribution is -2.20. The Morgan fingerprint density at radius 3 is 2.36 bits per heavy atom. The zero-order valence-corrected chi connectivity index (χ0v) is 15.8. The van der Waals surface area contributed by atoms with Gasteiger partial charge in [-0.25, -0.2) is 0 Å². The minimum absolute atomic E-state index is 0.00580. The number of halogens is 3. The molecule has 0 aromatic heterocycles. The van der Waals surface area contributed by atoms with Crippen LogP contribution in [0.5, 0.6) is 11.5 Å². The van der Waals surface area contributed by atoms with Gasteiger partial charge in [0.15, 0.2) is 11.5 Å². The van der Waals surface area contributed by atoms with Crippen molar-refractivity contribution in [2.45, 2.75) is 32.7 Å². The van der Waals surface area contributed by atoms with E-state index in [0.29, 0.717) is 17.1 Å². The third-order valence-corrected chi connectivity index (χ3v) is 3.73. The number of hydrogen-bond donors (Lipinski definition) is 1. The molecule has 0 unspecified atom stereocenters. The van der Waals surface area contributed by atoms with E-state index in [9.17, 15) is 18.0 Å². The van der Waals surface area contributed by atoms with Crippen molar-refractivity contribution in [3.63, 3.8) is 0 Å². The summed E-state index contributed by atoms with van der Waals surface area (Å²) < 4.78 is 48.6. The van der Waals surface area contributed by atoms with Crippen LogP contribution in [0, 0.1) is 0 Å². The predicted octanol–water partition coefficient (Wildman–Crippen LogP) is 4.83. The molecular weight excluding hydrogens is 371 g/mol. The molecule has 0 aliphatic carbocycles. The van der Waals surface area contributed by atoms with Crippen LogP contribution in [0.2, 0.25) is 0 Å². The number of nitrogens with one attached hydrogen (secondary N) is 1. The monoisotopic (exact) mass is 393 g/mol. The van der Waals surface area contributed by atoms with Gasteiger partial charge in [-0.3, -0.25) is 4.79 Å². The van der Waals surface area contributed by atoms with Crippen LogP contribution < -0.4 is 14.8 Å². The molecule has 1 N–H and O–H groups in total. The SMILES string of the molecule is COc1cc(/C=C/C(=O)NCc2ccc(C(F)(F)F)cc2)ccc1OC(C)C. The molecule has 0 saturated heterocycles. The highest BCUT2D eigenvalue weighted by atomic mass is 19.4. The number of rotatable bonds is 7. The lowest BCUT2D eigenvalue weighted by molar-refractivity contribution is -0.137. The number of amides is 1. The quantitative estimate of drug-likeness (QED) is 0.686. The lowest BCUT2D eigenvalue weighted by atomic mass is 10.1. The molecule has 2 aromatic rings. The van der Waals surface area contributed by atoms with Crippen LogP contribution in [0.4, 0.5) is 13.2 Å². The van der Waals surface area contributed by atoms with Crippen molar-refractivity contribution in [3.8, 4) is 11.5 Å². The van der Waals surface area contributed by atoms with Crippen LogP contribution in [-0.2, 0) is 17.5 Å². The number of ether oxygens (including phenoxy) is 2. The van der Waals surface area contributed by atoms with E-state index in [2.05, 4.69) is 5.32 Å². The largest absolute Gasteiger partial charge is 0.493 e. The first-order valence-electron chi connectivity index (χ1n) is 8.66. The molecule has 150 valence electrons. The van der Waals surface area contributed by atoms with Crippen LogP contribution in [0.3, 0.4) is 0 Å². The van der Waals surface area contributed by atoms with E-state index in [1.54, 1.807) is 24.3 Å². The second kappa shape index (κ2) is 9.30. The van der Waals surface area contributed by atoms with Gasteiger partial charge in [0, 0.05) is 12.6 Å². The van der Waals surface area contributed by atoms with E-state index in [4.69, 9.17) is 9.47 Å². The fourth-order valence-electron chi connectivity index (χ4n) is 2.37. The second-order valence-electron chi connectivity index (χ2n) is 6.32. The van der Waals surface area contributed by atoms with Crippen molar-refractivity contribution in [2.24, 2.45) is 0 Å². The minimum atomic E-state index is -4.37. The molecule has 4 nitrogen and oxygen atoms in total. The van der Waals surface area contributed by atoms with Gasteiger partial charge in [-0.2, -0.15) is 13.2 Å². The van der Waals surface area contributed by atoms with Crippen molar-refractivity contribution in [1.82, 2.24) is 5.32 Å². The molecule has 0 heterocycles. The van der Waals surface area contributed by atoms with E-state index in [-0.39, 0.29) is 18.6 Å². The maximum atomic E-state index is 12.5. The number of methoxy groups -OCH3 is 1. The molecular formula is C21H22F3NO3. The van der Waals surface area contributed by atoms with Crippen molar-refractivity contribution in [1.29, 1.82) is 0 Å². The summed E-state index contributed by atoms with van der Waals surface area (Å²) in [5.74, 6) is 0.809. The second-order valence-corrected chi connectivity index (χ2v) is 6.32. The molecule has 0 bridgehead atoms. The van der Waals surface area contributed by atoms with Crippen molar-refractivity contribution in [2.75, 3.05) is 7.11 Å². The summed E-state index contributed by atoms with van der Waals surface area (Å²) in [5, 5.41) is 2.63. The van der Waals surface area contributed by atoms with Gasteiger partial charge in [0.05, 0.1) is 18.8 Å². The molecule has 0 atom stereocenters. The number of carbonyl (C=O) groups excluding carboxylic acids is 1. The molecule has 2 rings (SSSR count). The Bertz CT molecular complexity index is 828.